The lowest BCUT2D eigenvalue weighted by atomic mass is 9.85. The Morgan fingerprint density at radius 1 is 1.25 bits per heavy atom. The number of furan rings is 1. The highest BCUT2D eigenvalue weighted by molar-refractivity contribution is 5.92. The molecule has 4 heterocycles. The Balaban J connectivity index is 1.38. The molecule has 2 fully saturated rings. The summed E-state index contributed by atoms with van der Waals surface area (Å²) in [5.41, 5.74) is 6.88. The Kier molecular flexibility index (Phi) is 5.05. The van der Waals surface area contributed by atoms with Crippen LogP contribution in [0.15, 0.2) is 47.1 Å². The molecule has 2 aliphatic rings. The number of ether oxygens (including phenoxy) is 2. The van der Waals surface area contributed by atoms with Crippen molar-refractivity contribution in [3.05, 3.63) is 53.9 Å². The highest BCUT2D eigenvalue weighted by atomic mass is 16.5. The number of primary amides is 1. The van der Waals surface area contributed by atoms with Gasteiger partial charge in [-0.1, -0.05) is 30.3 Å². The highest BCUT2D eigenvalue weighted by Crippen LogP contribution is 2.46. The largest absolute Gasteiger partial charge is 0.479 e. The van der Waals surface area contributed by atoms with Crippen LogP contribution in [0.1, 0.15) is 41.7 Å². The molecule has 0 saturated carbocycles. The van der Waals surface area contributed by atoms with E-state index in [9.17, 15) is 9.59 Å². The lowest BCUT2D eigenvalue weighted by molar-refractivity contribution is -0.136. The van der Waals surface area contributed by atoms with Crippen LogP contribution in [0.25, 0.3) is 11.2 Å². The van der Waals surface area contributed by atoms with Crippen molar-refractivity contribution in [2.24, 2.45) is 5.73 Å². The van der Waals surface area contributed by atoms with Gasteiger partial charge in [-0.15, -0.1) is 0 Å². The van der Waals surface area contributed by atoms with E-state index in [1.54, 1.807) is 6.07 Å². The summed E-state index contributed by atoms with van der Waals surface area (Å²) in [7, 11) is 1.40. The van der Waals surface area contributed by atoms with Gasteiger partial charge in [0.15, 0.2) is 0 Å². The van der Waals surface area contributed by atoms with E-state index in [0.29, 0.717) is 31.3 Å². The maximum absolute atomic E-state index is 13.0. The number of amides is 1. The average Bonchev–Trinajstić information content (AvgIpc) is 3.33. The van der Waals surface area contributed by atoms with Crippen LogP contribution in [-0.2, 0) is 16.1 Å². The number of benzene rings is 1. The van der Waals surface area contributed by atoms with Gasteiger partial charge in [-0.25, -0.2) is 9.78 Å². The summed E-state index contributed by atoms with van der Waals surface area (Å²) >= 11 is 0. The lowest BCUT2D eigenvalue weighted by Crippen LogP contribution is -2.60. The first-order valence-corrected chi connectivity index (χ1v) is 10.6. The van der Waals surface area contributed by atoms with Gasteiger partial charge in [0, 0.05) is 31.5 Å². The highest BCUT2D eigenvalue weighted by Gasteiger charge is 2.56. The number of hydrogen-bond donors (Lipinski definition) is 1. The van der Waals surface area contributed by atoms with Crippen molar-refractivity contribution in [2.45, 2.75) is 49.9 Å². The van der Waals surface area contributed by atoms with Crippen LogP contribution < -0.4 is 10.5 Å². The third-order valence-electron chi connectivity index (χ3n) is 6.56. The van der Waals surface area contributed by atoms with Crippen molar-refractivity contribution in [1.29, 1.82) is 0 Å². The van der Waals surface area contributed by atoms with E-state index in [4.69, 9.17) is 19.6 Å². The van der Waals surface area contributed by atoms with Crippen molar-refractivity contribution in [3.63, 3.8) is 0 Å². The van der Waals surface area contributed by atoms with Crippen molar-refractivity contribution in [1.82, 2.24) is 14.9 Å². The molecule has 9 heteroatoms. The molecular formula is C23H24N4O5. The number of nitrogens with two attached hydrogens (primary N) is 1. The van der Waals surface area contributed by atoms with Gasteiger partial charge in [-0.2, -0.15) is 4.98 Å². The lowest BCUT2D eigenvalue weighted by Gasteiger charge is -2.45. The minimum absolute atomic E-state index is 0.0198. The predicted molar refractivity (Wildman–Crippen MR) is 114 cm³/mol. The van der Waals surface area contributed by atoms with E-state index in [2.05, 4.69) is 14.9 Å². The minimum Gasteiger partial charge on any atom is -0.479 e. The summed E-state index contributed by atoms with van der Waals surface area (Å²) in [4.78, 5) is 36.3. The van der Waals surface area contributed by atoms with Gasteiger partial charge >= 0.3 is 5.97 Å². The summed E-state index contributed by atoms with van der Waals surface area (Å²) in [5, 5.41) is 0. The van der Waals surface area contributed by atoms with Crippen LogP contribution in [0, 0.1) is 0 Å². The van der Waals surface area contributed by atoms with E-state index in [1.165, 1.54) is 13.4 Å². The van der Waals surface area contributed by atoms with Crippen LogP contribution in [0.3, 0.4) is 0 Å². The van der Waals surface area contributed by atoms with E-state index in [0.717, 1.165) is 12.0 Å². The number of esters is 1. The normalized spacial score (nSPS) is 25.0. The molecule has 2 N–H and O–H groups in total. The fourth-order valence-electron chi connectivity index (χ4n) is 5.06. The van der Waals surface area contributed by atoms with Crippen molar-refractivity contribution in [3.8, 4) is 5.88 Å². The van der Waals surface area contributed by atoms with Crippen LogP contribution in [0.5, 0.6) is 5.88 Å². The quantitative estimate of drug-likeness (QED) is 0.585. The third kappa shape index (κ3) is 3.38. The monoisotopic (exact) mass is 436 g/mol. The van der Waals surface area contributed by atoms with Crippen LogP contribution in [0.2, 0.25) is 0 Å². The van der Waals surface area contributed by atoms with Gasteiger partial charge in [0.2, 0.25) is 17.3 Å². The van der Waals surface area contributed by atoms with Gasteiger partial charge in [0.1, 0.15) is 17.2 Å². The number of nitrogens with zero attached hydrogens (tertiary/aromatic N) is 3. The third-order valence-corrected chi connectivity index (χ3v) is 6.56. The van der Waals surface area contributed by atoms with Crippen LogP contribution in [-0.4, -0.2) is 51.5 Å². The summed E-state index contributed by atoms with van der Waals surface area (Å²) < 4.78 is 16.2. The maximum atomic E-state index is 13.0. The Morgan fingerprint density at radius 2 is 2.06 bits per heavy atom. The number of carbonyl (C=O) groups excluding carboxylic acids is 2. The molecule has 3 atom stereocenters. The molecule has 3 unspecified atom stereocenters. The molecular weight excluding hydrogens is 412 g/mol. The van der Waals surface area contributed by atoms with E-state index in [-0.39, 0.29) is 29.2 Å². The number of carbonyl (C=O) groups is 2. The number of methoxy groups -OCH3 is 1. The molecule has 0 radical (unpaired) electrons. The first-order valence-electron chi connectivity index (χ1n) is 10.6. The van der Waals surface area contributed by atoms with Crippen LogP contribution >= 0.6 is 0 Å². The second kappa shape index (κ2) is 7.90. The molecule has 5 rings (SSSR count). The number of hydrogen-bond acceptors (Lipinski definition) is 8. The molecule has 0 spiro atoms. The first-order chi connectivity index (χ1) is 15.5. The van der Waals surface area contributed by atoms with Gasteiger partial charge < -0.3 is 19.6 Å². The molecule has 2 bridgehead atoms. The zero-order valence-electron chi connectivity index (χ0n) is 17.7. The van der Waals surface area contributed by atoms with E-state index in [1.807, 2.05) is 30.3 Å². The van der Waals surface area contributed by atoms with E-state index >= 15 is 0 Å². The molecule has 9 nitrogen and oxygen atoms in total. The summed E-state index contributed by atoms with van der Waals surface area (Å²) in [5.74, 6) is -0.988. The molecule has 3 aromatic rings. The average molecular weight is 436 g/mol. The Bertz CT molecular complexity index is 1160. The maximum Gasteiger partial charge on any atom is 0.362 e. The Labute approximate surface area is 184 Å². The second-order valence-corrected chi connectivity index (χ2v) is 8.36. The standard InChI is InChI=1S/C23H24N4O5/c1-30-20-18(25-17-8-10-31-19(17)26-20)21(28)32-16-11-15-7-9-23(12-16,22(24)29)27(15)13-14-5-3-2-4-6-14/h2-6,8,10,15-16H,7,9,11-13H2,1H3,(H2,24,29). The summed E-state index contributed by atoms with van der Waals surface area (Å²) in [6.45, 7) is 0.631. The van der Waals surface area contributed by atoms with Crippen molar-refractivity contribution in [2.75, 3.05) is 7.11 Å². The first kappa shape index (κ1) is 20.4. The Morgan fingerprint density at radius 3 is 2.81 bits per heavy atom. The Hall–Kier alpha value is -3.46. The number of piperidine rings is 1. The molecule has 1 aromatic carbocycles. The molecule has 166 valence electrons. The van der Waals surface area contributed by atoms with Gasteiger partial charge in [-0.05, 0) is 18.4 Å². The van der Waals surface area contributed by atoms with Gasteiger partial charge in [0.05, 0.1) is 13.4 Å². The molecule has 0 aliphatic carbocycles. The molecule has 2 aliphatic heterocycles. The molecule has 1 amide bonds. The van der Waals surface area contributed by atoms with Gasteiger partial charge in [-0.3, -0.25) is 9.69 Å². The predicted octanol–water partition coefficient (Wildman–Crippen LogP) is 2.44. The fraction of sp³-hybridized carbons (Fsp3) is 0.391. The zero-order chi connectivity index (χ0) is 22.3. The van der Waals surface area contributed by atoms with Crippen molar-refractivity contribution < 1.29 is 23.5 Å². The molecule has 32 heavy (non-hydrogen) atoms. The summed E-state index contributed by atoms with van der Waals surface area (Å²) in [6.07, 6.45) is 3.43. The number of fused-ring (bicyclic) bond motifs is 3. The second-order valence-electron chi connectivity index (χ2n) is 8.36. The molecule has 2 aromatic heterocycles. The summed E-state index contributed by atoms with van der Waals surface area (Å²) in [6, 6.07) is 11.7. The molecule has 2 saturated heterocycles. The number of aromatic nitrogens is 2. The zero-order valence-corrected chi connectivity index (χ0v) is 17.7. The van der Waals surface area contributed by atoms with Crippen molar-refractivity contribution >= 4 is 23.1 Å². The van der Waals surface area contributed by atoms with E-state index < -0.39 is 17.6 Å². The van der Waals surface area contributed by atoms with Gasteiger partial charge in [0.25, 0.3) is 5.88 Å². The minimum atomic E-state index is -0.839. The fourth-order valence-corrected chi connectivity index (χ4v) is 5.06. The number of rotatable bonds is 6. The topological polar surface area (TPSA) is 121 Å². The smallest absolute Gasteiger partial charge is 0.362 e. The van der Waals surface area contributed by atoms with Crippen LogP contribution in [0.4, 0.5) is 0 Å². The SMILES string of the molecule is COc1nc2occc2nc1C(=O)OC1CC2CCC(C(N)=O)(C1)N2Cc1ccccc1.